The minimum Gasteiger partial charge on any atom is -0.340 e. The lowest BCUT2D eigenvalue weighted by atomic mass is 10.1. The highest BCUT2D eigenvalue weighted by molar-refractivity contribution is 7.15. The molecule has 0 spiro atoms. The minimum absolute atomic E-state index is 0.192. The number of hydrogen-bond acceptors (Lipinski definition) is 1. The summed E-state index contributed by atoms with van der Waals surface area (Å²) < 4.78 is 0. The Hall–Kier alpha value is -0.100. The smallest absolute Gasteiger partial charge is 0.225 e. The van der Waals surface area contributed by atoms with Gasteiger partial charge in [-0.15, -0.1) is 0 Å². The summed E-state index contributed by atoms with van der Waals surface area (Å²) >= 11 is 0. The SMILES string of the molecule is O=C(NP)C1CCCC1. The predicted molar refractivity (Wildman–Crippen MR) is 39.8 cm³/mol. The van der Waals surface area contributed by atoms with Crippen LogP contribution in [0.2, 0.25) is 0 Å². The number of amides is 1. The molecule has 2 nitrogen and oxygen atoms in total. The lowest BCUT2D eigenvalue weighted by Crippen LogP contribution is -2.20. The van der Waals surface area contributed by atoms with Gasteiger partial charge in [0.05, 0.1) is 0 Å². The maximum Gasteiger partial charge on any atom is 0.225 e. The van der Waals surface area contributed by atoms with Crippen LogP contribution in [0.4, 0.5) is 0 Å². The maximum atomic E-state index is 10.9. The normalized spacial score (nSPS) is 20.1. The summed E-state index contributed by atoms with van der Waals surface area (Å²) in [5, 5.41) is 2.58. The van der Waals surface area contributed by atoms with Gasteiger partial charge >= 0.3 is 0 Å². The number of nitrogens with one attached hydrogen (secondary N) is 1. The fraction of sp³-hybridized carbons (Fsp3) is 0.833. The van der Waals surface area contributed by atoms with E-state index < -0.39 is 0 Å². The van der Waals surface area contributed by atoms with E-state index in [0.29, 0.717) is 5.92 Å². The highest BCUT2D eigenvalue weighted by atomic mass is 31.0. The van der Waals surface area contributed by atoms with Gasteiger partial charge in [-0.25, -0.2) is 0 Å². The molecule has 0 aliphatic heterocycles. The number of carbonyl (C=O) groups excluding carboxylic acids is 1. The quantitative estimate of drug-likeness (QED) is 0.549. The van der Waals surface area contributed by atoms with Gasteiger partial charge in [0, 0.05) is 5.92 Å². The van der Waals surface area contributed by atoms with E-state index >= 15 is 0 Å². The van der Waals surface area contributed by atoms with Crippen LogP contribution in [0.3, 0.4) is 0 Å². The summed E-state index contributed by atoms with van der Waals surface area (Å²) in [6.45, 7) is 0. The van der Waals surface area contributed by atoms with Crippen LogP contribution in [0.1, 0.15) is 25.7 Å². The third-order valence-corrected chi connectivity index (χ3v) is 2.15. The lowest BCUT2D eigenvalue weighted by molar-refractivity contribution is -0.122. The Bertz CT molecular complexity index is 110. The van der Waals surface area contributed by atoms with Crippen molar-refractivity contribution >= 4 is 15.3 Å². The average Bonchev–Trinajstić information content (AvgIpc) is 2.37. The molecule has 0 aromatic heterocycles. The monoisotopic (exact) mass is 145 g/mol. The zero-order chi connectivity index (χ0) is 6.69. The number of carbonyl (C=O) groups is 1. The van der Waals surface area contributed by atoms with Crippen LogP contribution in [0.5, 0.6) is 0 Å². The molecular formula is C6H12NOP. The van der Waals surface area contributed by atoms with Crippen molar-refractivity contribution in [3.63, 3.8) is 0 Å². The molecule has 1 atom stereocenters. The molecule has 0 saturated heterocycles. The van der Waals surface area contributed by atoms with Gasteiger partial charge < -0.3 is 5.09 Å². The number of hydrogen-bond donors (Lipinski definition) is 1. The fourth-order valence-electron chi connectivity index (χ4n) is 1.31. The molecule has 0 aromatic carbocycles. The Morgan fingerprint density at radius 3 is 2.44 bits per heavy atom. The van der Waals surface area contributed by atoms with Crippen LogP contribution in [0.25, 0.3) is 0 Å². The van der Waals surface area contributed by atoms with Crippen LogP contribution in [0, 0.1) is 5.92 Å². The van der Waals surface area contributed by atoms with Gasteiger partial charge in [0.2, 0.25) is 5.91 Å². The second kappa shape index (κ2) is 3.17. The molecule has 3 heteroatoms. The van der Waals surface area contributed by atoms with E-state index in [1.54, 1.807) is 0 Å². The molecule has 0 aromatic rings. The van der Waals surface area contributed by atoms with Gasteiger partial charge in [-0.1, -0.05) is 12.8 Å². The molecule has 1 aliphatic rings. The molecule has 9 heavy (non-hydrogen) atoms. The first-order valence-electron chi connectivity index (χ1n) is 3.35. The molecular weight excluding hydrogens is 133 g/mol. The third kappa shape index (κ3) is 1.65. The van der Waals surface area contributed by atoms with Crippen molar-refractivity contribution in [3.8, 4) is 0 Å². The molecule has 0 bridgehead atoms. The zero-order valence-electron chi connectivity index (χ0n) is 5.39. The van der Waals surface area contributed by atoms with E-state index in [1.807, 2.05) is 0 Å². The number of rotatable bonds is 1. The highest BCUT2D eigenvalue weighted by Gasteiger charge is 2.20. The van der Waals surface area contributed by atoms with Crippen molar-refractivity contribution in [2.45, 2.75) is 25.7 Å². The van der Waals surface area contributed by atoms with Gasteiger partial charge in [-0.2, -0.15) is 0 Å². The van der Waals surface area contributed by atoms with Crippen molar-refractivity contribution in [1.29, 1.82) is 0 Å². The van der Waals surface area contributed by atoms with Crippen LogP contribution in [0.15, 0.2) is 0 Å². The second-order valence-corrected chi connectivity index (χ2v) is 2.78. The van der Waals surface area contributed by atoms with E-state index in [9.17, 15) is 4.79 Å². The van der Waals surface area contributed by atoms with Crippen LogP contribution in [-0.2, 0) is 4.79 Å². The van der Waals surface area contributed by atoms with Gasteiger partial charge in [-0.3, -0.25) is 4.79 Å². The van der Waals surface area contributed by atoms with Gasteiger partial charge in [-0.05, 0) is 22.2 Å². The predicted octanol–water partition coefficient (Wildman–Crippen LogP) is 1.08. The van der Waals surface area contributed by atoms with E-state index in [-0.39, 0.29) is 5.91 Å². The average molecular weight is 145 g/mol. The van der Waals surface area contributed by atoms with Gasteiger partial charge in [0.25, 0.3) is 0 Å². The van der Waals surface area contributed by atoms with Crippen molar-refractivity contribution in [2.24, 2.45) is 5.92 Å². The van der Waals surface area contributed by atoms with Crippen molar-refractivity contribution in [3.05, 3.63) is 0 Å². The fourth-order valence-corrected chi connectivity index (χ4v) is 1.54. The van der Waals surface area contributed by atoms with E-state index in [0.717, 1.165) is 12.8 Å². The molecule has 0 heterocycles. The van der Waals surface area contributed by atoms with E-state index in [2.05, 4.69) is 14.5 Å². The Balaban J connectivity index is 2.32. The Morgan fingerprint density at radius 1 is 1.44 bits per heavy atom. The summed E-state index contributed by atoms with van der Waals surface area (Å²) in [5.74, 6) is 0.500. The first kappa shape index (κ1) is 7.01. The first-order chi connectivity index (χ1) is 4.34. The van der Waals surface area contributed by atoms with Crippen LogP contribution in [-0.4, -0.2) is 5.91 Å². The summed E-state index contributed by atoms with van der Waals surface area (Å²) in [6.07, 6.45) is 4.62. The molecule has 1 unspecified atom stereocenters. The summed E-state index contributed by atoms with van der Waals surface area (Å²) in [4.78, 5) is 10.9. The van der Waals surface area contributed by atoms with Crippen LogP contribution < -0.4 is 5.09 Å². The summed E-state index contributed by atoms with van der Waals surface area (Å²) in [7, 11) is 2.25. The highest BCUT2D eigenvalue weighted by Crippen LogP contribution is 2.24. The van der Waals surface area contributed by atoms with E-state index in [4.69, 9.17) is 0 Å². The van der Waals surface area contributed by atoms with Gasteiger partial charge in [0.15, 0.2) is 0 Å². The van der Waals surface area contributed by atoms with Crippen molar-refractivity contribution in [1.82, 2.24) is 5.09 Å². The largest absolute Gasteiger partial charge is 0.340 e. The standard InChI is InChI=1S/C6H12NOP/c8-6(7-9)5-3-1-2-4-5/h5H,1-4,9H2,(H,7,8). The maximum absolute atomic E-state index is 10.9. The Morgan fingerprint density at radius 2 is 2.00 bits per heavy atom. The zero-order valence-corrected chi connectivity index (χ0v) is 6.55. The molecule has 0 radical (unpaired) electrons. The first-order valence-corrected chi connectivity index (χ1v) is 3.93. The topological polar surface area (TPSA) is 29.1 Å². The lowest BCUT2D eigenvalue weighted by Gasteiger charge is -2.04. The van der Waals surface area contributed by atoms with Gasteiger partial charge in [0.1, 0.15) is 0 Å². The third-order valence-electron chi connectivity index (χ3n) is 1.87. The molecule has 1 amide bonds. The molecule has 1 fully saturated rings. The van der Waals surface area contributed by atoms with E-state index in [1.165, 1.54) is 12.8 Å². The molecule has 1 aliphatic carbocycles. The molecule has 1 rings (SSSR count). The Kier molecular flexibility index (Phi) is 2.47. The second-order valence-electron chi connectivity index (χ2n) is 2.49. The van der Waals surface area contributed by atoms with Crippen LogP contribution >= 0.6 is 9.39 Å². The summed E-state index contributed by atoms with van der Waals surface area (Å²) in [5.41, 5.74) is 0. The molecule has 52 valence electrons. The van der Waals surface area contributed by atoms with Crippen molar-refractivity contribution < 1.29 is 4.79 Å². The summed E-state index contributed by atoms with van der Waals surface area (Å²) in [6, 6.07) is 0. The molecule has 1 saturated carbocycles. The molecule has 1 N–H and O–H groups in total. The minimum atomic E-state index is 0.192. The Labute approximate surface area is 57.7 Å². The van der Waals surface area contributed by atoms with Crippen molar-refractivity contribution in [2.75, 3.05) is 0 Å².